The van der Waals surface area contributed by atoms with E-state index in [1.165, 1.54) is 16.8 Å². The van der Waals surface area contributed by atoms with Crippen molar-refractivity contribution in [1.82, 2.24) is 9.66 Å². The van der Waals surface area contributed by atoms with Gasteiger partial charge in [-0.25, -0.2) is 9.66 Å². The number of rotatable bonds is 6. The molecule has 1 aromatic heterocycles. The largest absolute Gasteiger partial charge is 0.435 e. The van der Waals surface area contributed by atoms with Gasteiger partial charge in [-0.05, 0) is 42.0 Å². The van der Waals surface area contributed by atoms with Gasteiger partial charge in [-0.15, -0.1) is 0 Å². The van der Waals surface area contributed by atoms with Gasteiger partial charge in [0.2, 0.25) is 0 Å². The quantitative estimate of drug-likeness (QED) is 0.421. The van der Waals surface area contributed by atoms with Crippen LogP contribution in [0.2, 0.25) is 0 Å². The van der Waals surface area contributed by atoms with Crippen molar-refractivity contribution >= 4 is 26.8 Å². The Balaban J connectivity index is 1.70. The fourth-order valence-electron chi connectivity index (χ4n) is 3.03. The lowest BCUT2D eigenvalue weighted by Gasteiger charge is -2.16. The molecule has 0 bridgehead atoms. The molecule has 152 valence electrons. The molecule has 0 fully saturated rings. The number of nitrogens with one attached hydrogen (secondary N) is 1. The molecular weight excluding hydrogens is 456 g/mol. The topological polar surface area (TPSA) is 56.2 Å². The Hall–Kier alpha value is -3.26. The Morgan fingerprint density at radius 3 is 2.40 bits per heavy atom. The fraction of sp³-hybridized carbons (Fsp3) is 0.0909. The molecule has 0 spiro atoms. The molecule has 1 N–H and O–H groups in total. The number of nitrogens with zero attached hydrogens (tertiary/aromatic N) is 2. The molecule has 0 radical (unpaired) electrons. The summed E-state index contributed by atoms with van der Waals surface area (Å²) in [6, 6.07) is 20.9. The molecular formula is C22H16BrF2N3O2. The fourth-order valence-corrected chi connectivity index (χ4v) is 3.30. The highest BCUT2D eigenvalue weighted by Gasteiger charge is 2.13. The maximum absolute atomic E-state index is 13.1. The molecule has 0 atom stereocenters. The molecule has 0 aliphatic carbocycles. The molecule has 0 aliphatic heterocycles. The number of aromatic nitrogens is 2. The van der Waals surface area contributed by atoms with E-state index in [-0.39, 0.29) is 11.3 Å². The van der Waals surface area contributed by atoms with Crippen LogP contribution >= 0.6 is 15.9 Å². The highest BCUT2D eigenvalue weighted by molar-refractivity contribution is 9.10. The first-order valence-electron chi connectivity index (χ1n) is 9.06. The van der Waals surface area contributed by atoms with E-state index in [2.05, 4.69) is 31.1 Å². The van der Waals surface area contributed by atoms with E-state index < -0.39 is 6.61 Å². The van der Waals surface area contributed by atoms with Crippen LogP contribution in [-0.4, -0.2) is 16.3 Å². The van der Waals surface area contributed by atoms with Crippen LogP contribution in [-0.2, 0) is 6.54 Å². The predicted molar refractivity (Wildman–Crippen MR) is 115 cm³/mol. The van der Waals surface area contributed by atoms with Gasteiger partial charge in [0.15, 0.2) is 5.82 Å². The Bertz CT molecular complexity index is 1230. The standard InChI is InChI=1S/C22H16BrF2N3O2/c23-16-9-7-15(8-10-16)20-27-19-4-2-1-3-18(19)21(29)28(20)26-13-14-5-11-17(12-6-14)30-22(24)25/h1-12,22,26H,13H2. The highest BCUT2D eigenvalue weighted by atomic mass is 79.9. The first-order valence-corrected chi connectivity index (χ1v) is 9.86. The third-order valence-corrected chi connectivity index (χ3v) is 5.00. The zero-order chi connectivity index (χ0) is 21.1. The van der Waals surface area contributed by atoms with Crippen LogP contribution < -0.4 is 15.7 Å². The minimum Gasteiger partial charge on any atom is -0.435 e. The van der Waals surface area contributed by atoms with Gasteiger partial charge < -0.3 is 10.2 Å². The summed E-state index contributed by atoms with van der Waals surface area (Å²) in [6.07, 6.45) is 0. The van der Waals surface area contributed by atoms with E-state index in [4.69, 9.17) is 0 Å². The van der Waals surface area contributed by atoms with E-state index in [0.717, 1.165) is 15.6 Å². The van der Waals surface area contributed by atoms with Gasteiger partial charge in [0.25, 0.3) is 5.56 Å². The maximum Gasteiger partial charge on any atom is 0.387 e. The monoisotopic (exact) mass is 471 g/mol. The minimum absolute atomic E-state index is 0.0776. The molecule has 3 aromatic carbocycles. The summed E-state index contributed by atoms with van der Waals surface area (Å²) in [4.78, 5) is 17.8. The van der Waals surface area contributed by atoms with E-state index in [1.807, 2.05) is 30.3 Å². The van der Waals surface area contributed by atoms with Crippen molar-refractivity contribution < 1.29 is 13.5 Å². The lowest BCUT2D eigenvalue weighted by Crippen LogP contribution is -2.31. The number of fused-ring (bicyclic) bond motifs is 1. The molecule has 0 aliphatic rings. The number of hydrogen-bond acceptors (Lipinski definition) is 4. The SMILES string of the molecule is O=c1c2ccccc2nc(-c2ccc(Br)cc2)n1NCc1ccc(OC(F)F)cc1. The average molecular weight is 472 g/mol. The number of halogens is 3. The van der Waals surface area contributed by atoms with Crippen LogP contribution in [0.5, 0.6) is 5.75 Å². The van der Waals surface area contributed by atoms with E-state index in [9.17, 15) is 13.6 Å². The number of benzene rings is 3. The predicted octanol–water partition coefficient (Wildman–Crippen LogP) is 5.17. The summed E-state index contributed by atoms with van der Waals surface area (Å²) >= 11 is 3.41. The third kappa shape index (κ3) is 4.33. The number of hydrogen-bond donors (Lipinski definition) is 1. The first kappa shape index (κ1) is 20.0. The van der Waals surface area contributed by atoms with Gasteiger partial charge in [-0.2, -0.15) is 8.78 Å². The van der Waals surface area contributed by atoms with Crippen molar-refractivity contribution in [2.24, 2.45) is 0 Å². The molecule has 0 amide bonds. The van der Waals surface area contributed by atoms with Gasteiger partial charge in [-0.3, -0.25) is 4.79 Å². The van der Waals surface area contributed by atoms with Crippen LogP contribution in [0.15, 0.2) is 82.1 Å². The molecule has 4 aromatic rings. The molecule has 5 nitrogen and oxygen atoms in total. The Morgan fingerprint density at radius 2 is 1.70 bits per heavy atom. The third-order valence-electron chi connectivity index (χ3n) is 4.47. The molecule has 0 saturated heterocycles. The maximum atomic E-state index is 13.1. The second-order valence-electron chi connectivity index (χ2n) is 6.46. The lowest BCUT2D eigenvalue weighted by molar-refractivity contribution is -0.0498. The number of ether oxygens (including phenoxy) is 1. The average Bonchev–Trinajstić information content (AvgIpc) is 2.74. The summed E-state index contributed by atoms with van der Waals surface area (Å²) in [6.45, 7) is -2.58. The highest BCUT2D eigenvalue weighted by Crippen LogP contribution is 2.21. The Labute approximate surface area is 179 Å². The van der Waals surface area contributed by atoms with Crippen LogP contribution in [0.3, 0.4) is 0 Å². The summed E-state index contributed by atoms with van der Waals surface area (Å²) in [5.74, 6) is 0.553. The van der Waals surface area contributed by atoms with Crippen molar-refractivity contribution in [2.45, 2.75) is 13.2 Å². The summed E-state index contributed by atoms with van der Waals surface area (Å²) in [5, 5.41) is 0.492. The summed E-state index contributed by atoms with van der Waals surface area (Å²) in [5.41, 5.74) is 5.04. The lowest BCUT2D eigenvalue weighted by atomic mass is 10.2. The summed E-state index contributed by atoms with van der Waals surface area (Å²) < 4.78 is 31.3. The van der Waals surface area contributed by atoms with Gasteiger partial charge in [-0.1, -0.05) is 52.3 Å². The van der Waals surface area contributed by atoms with Crippen molar-refractivity contribution in [3.05, 3.63) is 93.2 Å². The second kappa shape index (κ2) is 8.62. The Kier molecular flexibility index (Phi) is 5.76. The normalized spacial score (nSPS) is 11.1. The van der Waals surface area contributed by atoms with E-state index in [1.54, 1.807) is 30.3 Å². The van der Waals surface area contributed by atoms with Crippen LogP contribution in [0.4, 0.5) is 8.78 Å². The van der Waals surface area contributed by atoms with Gasteiger partial charge in [0, 0.05) is 10.0 Å². The molecule has 0 unspecified atom stereocenters. The molecule has 4 rings (SSSR count). The number of alkyl halides is 2. The van der Waals surface area contributed by atoms with Gasteiger partial charge in [0.1, 0.15) is 5.75 Å². The molecule has 1 heterocycles. The summed E-state index contributed by atoms with van der Waals surface area (Å²) in [7, 11) is 0. The van der Waals surface area contributed by atoms with Crippen LogP contribution in [0, 0.1) is 0 Å². The van der Waals surface area contributed by atoms with E-state index >= 15 is 0 Å². The van der Waals surface area contributed by atoms with Crippen LogP contribution in [0.25, 0.3) is 22.3 Å². The van der Waals surface area contributed by atoms with Gasteiger partial charge in [0.05, 0.1) is 17.4 Å². The molecule has 30 heavy (non-hydrogen) atoms. The van der Waals surface area contributed by atoms with Crippen molar-refractivity contribution in [3.8, 4) is 17.1 Å². The first-order chi connectivity index (χ1) is 14.5. The van der Waals surface area contributed by atoms with Gasteiger partial charge >= 0.3 is 6.61 Å². The zero-order valence-corrected chi connectivity index (χ0v) is 17.1. The van der Waals surface area contributed by atoms with Crippen molar-refractivity contribution in [2.75, 3.05) is 5.43 Å². The Morgan fingerprint density at radius 1 is 1.00 bits per heavy atom. The zero-order valence-electron chi connectivity index (χ0n) is 15.6. The van der Waals surface area contributed by atoms with Crippen molar-refractivity contribution in [3.63, 3.8) is 0 Å². The smallest absolute Gasteiger partial charge is 0.387 e. The molecule has 8 heteroatoms. The minimum atomic E-state index is -2.87. The number of para-hydroxylation sites is 1. The molecule has 0 saturated carbocycles. The van der Waals surface area contributed by atoms with E-state index in [0.29, 0.717) is 23.3 Å². The van der Waals surface area contributed by atoms with Crippen molar-refractivity contribution in [1.29, 1.82) is 0 Å². The second-order valence-corrected chi connectivity index (χ2v) is 7.37. The van der Waals surface area contributed by atoms with Crippen LogP contribution in [0.1, 0.15) is 5.56 Å².